The molecule has 1 aliphatic rings. The number of nitrogens with zero attached hydrogens (tertiary/aromatic N) is 2. The number of hydrogen-bond donors (Lipinski definition) is 1. The van der Waals surface area contributed by atoms with E-state index >= 15 is 0 Å². The maximum Gasteiger partial charge on any atom is 0.161 e. The summed E-state index contributed by atoms with van der Waals surface area (Å²) in [5.74, 6) is 1.09. The van der Waals surface area contributed by atoms with E-state index in [9.17, 15) is 0 Å². The van der Waals surface area contributed by atoms with Gasteiger partial charge < -0.3 is 5.32 Å². The maximum atomic E-state index is 4.66. The third kappa shape index (κ3) is 2.20. The van der Waals surface area contributed by atoms with Gasteiger partial charge in [0.05, 0.1) is 6.04 Å². The number of nitrogens with one attached hydrogen (secondary N) is 1. The van der Waals surface area contributed by atoms with Crippen molar-refractivity contribution in [1.29, 1.82) is 0 Å². The van der Waals surface area contributed by atoms with Crippen LogP contribution in [0.3, 0.4) is 0 Å². The summed E-state index contributed by atoms with van der Waals surface area (Å²) in [5.41, 5.74) is 1.11. The van der Waals surface area contributed by atoms with Crippen molar-refractivity contribution in [3.63, 3.8) is 0 Å². The standard InChI is InChI=1S/C14H15N3S/c1-2-11-9-18-14(16-11)17-13-5-3-4-10-8-15-7-6-12(10)13/h3-8,11H,2,9H2,1H3,(H,16,17). The molecule has 1 unspecified atom stereocenters. The van der Waals surface area contributed by atoms with E-state index in [0.717, 1.165) is 28.4 Å². The molecule has 0 radical (unpaired) electrons. The van der Waals surface area contributed by atoms with Gasteiger partial charge in [0.25, 0.3) is 0 Å². The predicted octanol–water partition coefficient (Wildman–Crippen LogP) is 3.53. The zero-order chi connectivity index (χ0) is 12.4. The van der Waals surface area contributed by atoms with Crippen LogP contribution in [0.2, 0.25) is 0 Å². The number of rotatable bonds is 2. The Bertz CT molecular complexity index is 589. The lowest BCUT2D eigenvalue weighted by molar-refractivity contribution is 0.738. The first-order chi connectivity index (χ1) is 8.86. The highest BCUT2D eigenvalue weighted by molar-refractivity contribution is 8.14. The fraction of sp³-hybridized carbons (Fsp3) is 0.286. The van der Waals surface area contributed by atoms with Crippen molar-refractivity contribution >= 4 is 33.4 Å². The molecule has 0 spiro atoms. The summed E-state index contributed by atoms with van der Waals surface area (Å²) in [6.07, 6.45) is 4.82. The van der Waals surface area contributed by atoms with Crippen LogP contribution >= 0.6 is 11.8 Å². The molecule has 2 heterocycles. The normalized spacial score (nSPS) is 18.9. The molecule has 2 aromatic rings. The molecule has 92 valence electrons. The van der Waals surface area contributed by atoms with Gasteiger partial charge in [-0.05, 0) is 18.6 Å². The minimum Gasteiger partial charge on any atom is -0.334 e. The number of aliphatic imine (C=N–C) groups is 1. The Hall–Kier alpha value is -1.55. The Morgan fingerprint density at radius 3 is 3.17 bits per heavy atom. The van der Waals surface area contributed by atoms with Gasteiger partial charge in [-0.1, -0.05) is 30.8 Å². The monoisotopic (exact) mass is 257 g/mol. The third-order valence-electron chi connectivity index (χ3n) is 3.11. The molecule has 1 N–H and O–H groups in total. The van der Waals surface area contributed by atoms with E-state index in [0.29, 0.717) is 6.04 Å². The Labute approximate surface area is 111 Å². The molecule has 1 aromatic heterocycles. The number of pyridine rings is 1. The molecule has 0 fully saturated rings. The number of amidine groups is 1. The first kappa shape index (κ1) is 11.5. The Morgan fingerprint density at radius 1 is 1.39 bits per heavy atom. The third-order valence-corrected chi connectivity index (χ3v) is 4.14. The second kappa shape index (κ2) is 4.98. The van der Waals surface area contributed by atoms with Crippen LogP contribution in [0.25, 0.3) is 10.8 Å². The molecular formula is C14H15N3S. The molecule has 3 rings (SSSR count). The summed E-state index contributed by atoms with van der Waals surface area (Å²) in [6, 6.07) is 8.71. The lowest BCUT2D eigenvalue weighted by Crippen LogP contribution is -2.05. The summed E-state index contributed by atoms with van der Waals surface area (Å²) < 4.78 is 0. The van der Waals surface area contributed by atoms with Gasteiger partial charge in [0.1, 0.15) is 0 Å². The van der Waals surface area contributed by atoms with Crippen LogP contribution in [0, 0.1) is 0 Å². The van der Waals surface area contributed by atoms with Gasteiger partial charge >= 0.3 is 0 Å². The molecule has 1 aromatic carbocycles. The van der Waals surface area contributed by atoms with Gasteiger partial charge in [-0.3, -0.25) is 9.98 Å². The molecule has 0 bridgehead atoms. The van der Waals surface area contributed by atoms with Crippen LogP contribution in [0.4, 0.5) is 5.69 Å². The summed E-state index contributed by atoms with van der Waals surface area (Å²) in [7, 11) is 0. The molecular weight excluding hydrogens is 242 g/mol. The van der Waals surface area contributed by atoms with E-state index in [1.165, 1.54) is 5.39 Å². The number of benzene rings is 1. The van der Waals surface area contributed by atoms with Gasteiger partial charge in [-0.25, -0.2) is 0 Å². The van der Waals surface area contributed by atoms with Gasteiger partial charge in [0.2, 0.25) is 0 Å². The number of anilines is 1. The Balaban J connectivity index is 1.91. The highest BCUT2D eigenvalue weighted by Crippen LogP contribution is 2.26. The molecule has 4 heteroatoms. The quantitative estimate of drug-likeness (QED) is 0.894. The SMILES string of the molecule is CCC1CSC(Nc2cccc3cnccc23)=N1. The number of aromatic nitrogens is 1. The van der Waals surface area contributed by atoms with Crippen LogP contribution < -0.4 is 5.32 Å². The van der Waals surface area contributed by atoms with Crippen molar-refractivity contribution in [1.82, 2.24) is 4.98 Å². The van der Waals surface area contributed by atoms with E-state index < -0.39 is 0 Å². The van der Waals surface area contributed by atoms with Gasteiger partial charge in [0, 0.05) is 34.6 Å². The van der Waals surface area contributed by atoms with Crippen LogP contribution in [0.15, 0.2) is 41.7 Å². The lowest BCUT2D eigenvalue weighted by atomic mass is 10.1. The number of hydrogen-bond acceptors (Lipinski definition) is 4. The average Bonchev–Trinajstić information content (AvgIpc) is 2.87. The van der Waals surface area contributed by atoms with Crippen molar-refractivity contribution in [2.45, 2.75) is 19.4 Å². The molecule has 1 atom stereocenters. The van der Waals surface area contributed by atoms with E-state index in [-0.39, 0.29) is 0 Å². The van der Waals surface area contributed by atoms with E-state index in [1.807, 2.05) is 24.5 Å². The minimum atomic E-state index is 0.467. The van der Waals surface area contributed by atoms with E-state index in [1.54, 1.807) is 11.8 Å². The van der Waals surface area contributed by atoms with Crippen molar-refractivity contribution < 1.29 is 0 Å². The Kier molecular flexibility index (Phi) is 3.19. The summed E-state index contributed by atoms with van der Waals surface area (Å²) >= 11 is 1.80. The van der Waals surface area contributed by atoms with Crippen molar-refractivity contribution in [3.05, 3.63) is 36.7 Å². The minimum absolute atomic E-state index is 0.467. The van der Waals surface area contributed by atoms with Crippen LogP contribution in [-0.4, -0.2) is 21.9 Å². The zero-order valence-electron chi connectivity index (χ0n) is 10.3. The molecule has 0 aliphatic carbocycles. The summed E-state index contributed by atoms with van der Waals surface area (Å²) in [6.45, 7) is 2.18. The zero-order valence-corrected chi connectivity index (χ0v) is 11.1. The molecule has 3 nitrogen and oxygen atoms in total. The second-order valence-corrected chi connectivity index (χ2v) is 5.34. The smallest absolute Gasteiger partial charge is 0.161 e. The first-order valence-corrected chi connectivity index (χ1v) is 7.15. The van der Waals surface area contributed by atoms with Gasteiger partial charge in [-0.2, -0.15) is 0 Å². The molecule has 18 heavy (non-hydrogen) atoms. The van der Waals surface area contributed by atoms with E-state index in [2.05, 4.69) is 34.3 Å². The van der Waals surface area contributed by atoms with Crippen molar-refractivity contribution in [2.24, 2.45) is 4.99 Å². The fourth-order valence-corrected chi connectivity index (χ4v) is 3.11. The Morgan fingerprint density at radius 2 is 2.33 bits per heavy atom. The highest BCUT2D eigenvalue weighted by Gasteiger charge is 2.16. The molecule has 0 saturated carbocycles. The van der Waals surface area contributed by atoms with Gasteiger partial charge in [0.15, 0.2) is 5.17 Å². The topological polar surface area (TPSA) is 37.3 Å². The predicted molar refractivity (Wildman–Crippen MR) is 79.3 cm³/mol. The molecule has 0 amide bonds. The van der Waals surface area contributed by atoms with Gasteiger partial charge in [-0.15, -0.1) is 0 Å². The largest absolute Gasteiger partial charge is 0.334 e. The summed E-state index contributed by atoms with van der Waals surface area (Å²) in [4.78, 5) is 8.81. The van der Waals surface area contributed by atoms with Crippen LogP contribution in [0.1, 0.15) is 13.3 Å². The fourth-order valence-electron chi connectivity index (χ4n) is 2.04. The molecule has 0 saturated heterocycles. The highest BCUT2D eigenvalue weighted by atomic mass is 32.2. The average molecular weight is 257 g/mol. The molecule has 1 aliphatic heterocycles. The second-order valence-electron chi connectivity index (χ2n) is 4.33. The maximum absolute atomic E-state index is 4.66. The van der Waals surface area contributed by atoms with Crippen molar-refractivity contribution in [3.8, 4) is 0 Å². The van der Waals surface area contributed by atoms with E-state index in [4.69, 9.17) is 0 Å². The van der Waals surface area contributed by atoms with Crippen LogP contribution in [0.5, 0.6) is 0 Å². The lowest BCUT2D eigenvalue weighted by Gasteiger charge is -2.08. The first-order valence-electron chi connectivity index (χ1n) is 6.17. The number of fused-ring (bicyclic) bond motifs is 1. The number of thioether (sulfide) groups is 1. The summed E-state index contributed by atoms with van der Waals surface area (Å²) in [5, 5.41) is 6.81. The van der Waals surface area contributed by atoms with Crippen LogP contribution in [-0.2, 0) is 0 Å². The van der Waals surface area contributed by atoms with Crippen molar-refractivity contribution in [2.75, 3.05) is 11.1 Å².